The van der Waals surface area contributed by atoms with Crippen LogP contribution in [0.4, 0.5) is 10.2 Å². The number of halogens is 1. The maximum absolute atomic E-state index is 13.4. The van der Waals surface area contributed by atoms with E-state index in [1.807, 2.05) is 11.6 Å². The van der Waals surface area contributed by atoms with Crippen LogP contribution < -0.4 is 19.5 Å². The zero-order valence-electron chi connectivity index (χ0n) is 17.0. The standard InChI is InChI=1S/C23H18FN3O4S/c1-29-17-12-14(13-18-21(17)31-10-9-30-18)2-7-19(28)25-22-20(15-3-5-16(24)6-4-15)26-23-27(22)8-11-32-23/h2-8,11-13H,9-10H2,1H3,(H,25,28)/b7-2+. The predicted octanol–water partition coefficient (Wildman–Crippen LogP) is 4.63. The van der Waals surface area contributed by atoms with Crippen LogP contribution in [0.5, 0.6) is 17.2 Å². The van der Waals surface area contributed by atoms with Gasteiger partial charge in [-0.3, -0.25) is 9.20 Å². The van der Waals surface area contributed by atoms with E-state index >= 15 is 0 Å². The van der Waals surface area contributed by atoms with Crippen LogP contribution in [0, 0.1) is 5.82 Å². The van der Waals surface area contributed by atoms with Gasteiger partial charge in [-0.15, -0.1) is 11.3 Å². The van der Waals surface area contributed by atoms with E-state index in [0.717, 1.165) is 10.5 Å². The van der Waals surface area contributed by atoms with Gasteiger partial charge in [0.1, 0.15) is 30.5 Å². The van der Waals surface area contributed by atoms with E-state index in [4.69, 9.17) is 14.2 Å². The Hall–Kier alpha value is -3.85. The zero-order chi connectivity index (χ0) is 22.1. The van der Waals surface area contributed by atoms with Crippen LogP contribution in [-0.4, -0.2) is 35.6 Å². The molecular formula is C23H18FN3O4S. The van der Waals surface area contributed by atoms with Crippen molar-refractivity contribution in [3.63, 3.8) is 0 Å². The lowest BCUT2D eigenvalue weighted by Gasteiger charge is -2.20. The fraction of sp³-hybridized carbons (Fsp3) is 0.130. The van der Waals surface area contributed by atoms with Crippen molar-refractivity contribution >= 4 is 34.1 Å². The molecule has 32 heavy (non-hydrogen) atoms. The summed E-state index contributed by atoms with van der Waals surface area (Å²) in [6, 6.07) is 9.56. The van der Waals surface area contributed by atoms with Gasteiger partial charge in [-0.1, -0.05) is 0 Å². The molecule has 162 valence electrons. The number of ether oxygens (including phenoxy) is 3. The Morgan fingerprint density at radius 2 is 2.06 bits per heavy atom. The van der Waals surface area contributed by atoms with Crippen molar-refractivity contribution in [1.29, 1.82) is 0 Å². The van der Waals surface area contributed by atoms with Crippen molar-refractivity contribution in [3.05, 3.63) is 65.4 Å². The molecular weight excluding hydrogens is 433 g/mol. The summed E-state index contributed by atoms with van der Waals surface area (Å²) in [5.74, 6) is 1.51. The van der Waals surface area contributed by atoms with E-state index in [-0.39, 0.29) is 11.7 Å². The van der Waals surface area contributed by atoms with Gasteiger partial charge >= 0.3 is 0 Å². The van der Waals surface area contributed by atoms with Crippen LogP contribution in [0.25, 0.3) is 22.3 Å². The Kier molecular flexibility index (Phi) is 5.24. The Labute approximate surface area is 186 Å². The van der Waals surface area contributed by atoms with Crippen molar-refractivity contribution in [2.45, 2.75) is 0 Å². The van der Waals surface area contributed by atoms with Crippen LogP contribution in [0.1, 0.15) is 5.56 Å². The first-order valence-corrected chi connectivity index (χ1v) is 10.7. The summed E-state index contributed by atoms with van der Waals surface area (Å²) in [5, 5.41) is 4.77. The van der Waals surface area contributed by atoms with Gasteiger partial charge < -0.3 is 19.5 Å². The number of benzene rings is 2. The number of methoxy groups -OCH3 is 1. The summed E-state index contributed by atoms with van der Waals surface area (Å²) < 4.78 is 31.8. The van der Waals surface area contributed by atoms with Crippen molar-refractivity contribution < 1.29 is 23.4 Å². The molecule has 0 fully saturated rings. The van der Waals surface area contributed by atoms with Crippen LogP contribution in [-0.2, 0) is 4.79 Å². The molecule has 0 bridgehead atoms. The summed E-state index contributed by atoms with van der Waals surface area (Å²) in [6.07, 6.45) is 4.91. The molecule has 0 aliphatic carbocycles. The Morgan fingerprint density at radius 3 is 2.88 bits per heavy atom. The van der Waals surface area contributed by atoms with Gasteiger partial charge in [-0.05, 0) is 48.0 Å². The Morgan fingerprint density at radius 1 is 1.25 bits per heavy atom. The second kappa shape index (κ2) is 8.35. The molecule has 1 aliphatic heterocycles. The zero-order valence-corrected chi connectivity index (χ0v) is 17.8. The van der Waals surface area contributed by atoms with Gasteiger partial charge in [-0.2, -0.15) is 0 Å². The normalized spacial score (nSPS) is 12.9. The van der Waals surface area contributed by atoms with Gasteiger partial charge in [-0.25, -0.2) is 9.37 Å². The van der Waals surface area contributed by atoms with Gasteiger partial charge in [0.05, 0.1) is 7.11 Å². The fourth-order valence-corrected chi connectivity index (χ4v) is 4.15. The largest absolute Gasteiger partial charge is 0.493 e. The number of nitrogens with one attached hydrogen (secondary N) is 1. The maximum atomic E-state index is 13.4. The molecule has 0 saturated carbocycles. The highest BCUT2D eigenvalue weighted by atomic mass is 32.1. The molecule has 9 heteroatoms. The summed E-state index contributed by atoms with van der Waals surface area (Å²) in [4.78, 5) is 18.1. The quantitative estimate of drug-likeness (QED) is 0.448. The number of rotatable bonds is 5. The van der Waals surface area contributed by atoms with Crippen LogP contribution in [0.3, 0.4) is 0 Å². The molecule has 2 aromatic heterocycles. The van der Waals surface area contributed by atoms with Gasteiger partial charge in [0, 0.05) is 23.2 Å². The number of amides is 1. The minimum absolute atomic E-state index is 0.335. The number of carbonyl (C=O) groups excluding carboxylic acids is 1. The van der Waals surface area contributed by atoms with Crippen molar-refractivity contribution in [1.82, 2.24) is 9.38 Å². The molecule has 1 amide bonds. The van der Waals surface area contributed by atoms with Gasteiger partial charge in [0.2, 0.25) is 11.7 Å². The lowest BCUT2D eigenvalue weighted by molar-refractivity contribution is -0.111. The second-order valence-corrected chi connectivity index (χ2v) is 7.81. The van der Waals surface area contributed by atoms with E-state index < -0.39 is 0 Å². The highest BCUT2D eigenvalue weighted by Crippen LogP contribution is 2.40. The predicted molar refractivity (Wildman–Crippen MR) is 120 cm³/mol. The molecule has 0 atom stereocenters. The van der Waals surface area contributed by atoms with Crippen molar-refractivity contribution in [2.24, 2.45) is 0 Å². The van der Waals surface area contributed by atoms with Crippen LogP contribution in [0.15, 0.2) is 54.1 Å². The number of hydrogen-bond acceptors (Lipinski definition) is 6. The summed E-state index contributed by atoms with van der Waals surface area (Å²) in [5.41, 5.74) is 2.01. The summed E-state index contributed by atoms with van der Waals surface area (Å²) in [7, 11) is 1.55. The Balaban J connectivity index is 1.42. The Bertz CT molecular complexity index is 1310. The number of carbonyl (C=O) groups is 1. The number of aromatic nitrogens is 2. The minimum Gasteiger partial charge on any atom is -0.493 e. The van der Waals surface area contributed by atoms with Crippen molar-refractivity contribution in [3.8, 4) is 28.5 Å². The molecule has 0 unspecified atom stereocenters. The number of fused-ring (bicyclic) bond motifs is 2. The number of nitrogens with zero attached hydrogens (tertiary/aromatic N) is 2. The molecule has 3 heterocycles. The molecule has 2 aromatic carbocycles. The van der Waals surface area contributed by atoms with Gasteiger partial charge in [0.25, 0.3) is 0 Å². The monoisotopic (exact) mass is 451 g/mol. The van der Waals surface area contributed by atoms with E-state index in [2.05, 4.69) is 10.3 Å². The third kappa shape index (κ3) is 3.78. The minimum atomic E-state index is -0.338. The average Bonchev–Trinajstić information content (AvgIpc) is 3.40. The maximum Gasteiger partial charge on any atom is 0.249 e. The van der Waals surface area contributed by atoms with E-state index in [1.54, 1.807) is 41.9 Å². The van der Waals surface area contributed by atoms with E-state index in [1.165, 1.54) is 29.5 Å². The molecule has 0 saturated heterocycles. The van der Waals surface area contributed by atoms with E-state index in [0.29, 0.717) is 47.5 Å². The molecule has 0 spiro atoms. The SMILES string of the molecule is COc1cc(/C=C/C(=O)Nc2c(-c3ccc(F)cc3)nc3sccn23)cc2c1OCCO2. The fourth-order valence-electron chi connectivity index (χ4n) is 3.43. The van der Waals surface area contributed by atoms with Gasteiger partial charge in [0.15, 0.2) is 16.5 Å². The summed E-state index contributed by atoms with van der Waals surface area (Å²) >= 11 is 1.44. The second-order valence-electron chi connectivity index (χ2n) is 6.94. The third-order valence-corrected chi connectivity index (χ3v) is 5.66. The van der Waals surface area contributed by atoms with Crippen LogP contribution >= 0.6 is 11.3 Å². The lowest BCUT2D eigenvalue weighted by Crippen LogP contribution is -2.16. The molecule has 4 aromatic rings. The number of imidazole rings is 1. The average molecular weight is 451 g/mol. The first-order valence-electron chi connectivity index (χ1n) is 9.80. The summed E-state index contributed by atoms with van der Waals surface area (Å²) in [6.45, 7) is 0.910. The highest BCUT2D eigenvalue weighted by molar-refractivity contribution is 7.15. The molecule has 1 aliphatic rings. The third-order valence-electron chi connectivity index (χ3n) is 4.90. The van der Waals surface area contributed by atoms with Crippen LogP contribution in [0.2, 0.25) is 0 Å². The molecule has 0 radical (unpaired) electrons. The van der Waals surface area contributed by atoms with E-state index in [9.17, 15) is 9.18 Å². The number of thiazole rings is 1. The molecule has 7 nitrogen and oxygen atoms in total. The van der Waals surface area contributed by atoms with Crippen molar-refractivity contribution in [2.75, 3.05) is 25.6 Å². The molecule has 5 rings (SSSR count). The topological polar surface area (TPSA) is 74.1 Å². The first-order chi connectivity index (χ1) is 15.6. The molecule has 1 N–H and O–H groups in total. The number of hydrogen-bond donors (Lipinski definition) is 1. The lowest BCUT2D eigenvalue weighted by atomic mass is 10.1. The first kappa shape index (κ1) is 20.1. The smallest absolute Gasteiger partial charge is 0.249 e. The highest BCUT2D eigenvalue weighted by Gasteiger charge is 2.19. The number of anilines is 1.